The molecule has 4 nitrogen and oxygen atoms in total. The van der Waals surface area contributed by atoms with Gasteiger partial charge in [0.25, 0.3) is 5.91 Å². The van der Waals surface area contributed by atoms with E-state index in [0.717, 1.165) is 42.8 Å². The zero-order valence-corrected chi connectivity index (χ0v) is 16.9. The van der Waals surface area contributed by atoms with Gasteiger partial charge in [0.1, 0.15) is 0 Å². The minimum Gasteiger partial charge on any atom is -0.370 e. The first-order valence-corrected chi connectivity index (χ1v) is 10.4. The van der Waals surface area contributed by atoms with Gasteiger partial charge in [0.2, 0.25) is 0 Å². The van der Waals surface area contributed by atoms with E-state index in [-0.39, 0.29) is 5.91 Å². The van der Waals surface area contributed by atoms with Crippen LogP contribution < -0.4 is 9.80 Å². The summed E-state index contributed by atoms with van der Waals surface area (Å²) in [5, 5.41) is 2.38. The third kappa shape index (κ3) is 3.31. The molecule has 0 aromatic heterocycles. The fourth-order valence-electron chi connectivity index (χ4n) is 4.60. The van der Waals surface area contributed by atoms with E-state index in [1.807, 2.05) is 17.0 Å². The van der Waals surface area contributed by atoms with Gasteiger partial charge in [0, 0.05) is 48.2 Å². The Kier molecular flexibility index (Phi) is 5.09. The zero-order valence-electron chi connectivity index (χ0n) is 16.9. The molecule has 144 valence electrons. The number of amides is 1. The van der Waals surface area contributed by atoms with Crippen molar-refractivity contribution in [3.8, 4) is 0 Å². The molecule has 0 radical (unpaired) electrons. The van der Waals surface area contributed by atoms with Crippen molar-refractivity contribution in [3.63, 3.8) is 0 Å². The Morgan fingerprint density at radius 1 is 1.00 bits per heavy atom. The average Bonchev–Trinajstić information content (AvgIpc) is 2.81. The van der Waals surface area contributed by atoms with Gasteiger partial charge in [0.15, 0.2) is 0 Å². The highest BCUT2D eigenvalue weighted by molar-refractivity contribution is 6.26. The quantitative estimate of drug-likeness (QED) is 0.787. The van der Waals surface area contributed by atoms with Crippen molar-refractivity contribution < 1.29 is 4.79 Å². The summed E-state index contributed by atoms with van der Waals surface area (Å²) in [4.78, 5) is 20.0. The van der Waals surface area contributed by atoms with Crippen LogP contribution in [0.4, 0.5) is 11.4 Å². The predicted molar refractivity (Wildman–Crippen MR) is 114 cm³/mol. The van der Waals surface area contributed by atoms with Gasteiger partial charge < -0.3 is 14.7 Å². The van der Waals surface area contributed by atoms with Gasteiger partial charge in [-0.3, -0.25) is 4.79 Å². The first kappa shape index (κ1) is 18.3. The second-order valence-corrected chi connectivity index (χ2v) is 8.32. The summed E-state index contributed by atoms with van der Waals surface area (Å²) in [6.45, 7) is 13.0. The van der Waals surface area contributed by atoms with E-state index in [0.29, 0.717) is 5.92 Å². The largest absolute Gasteiger partial charge is 0.370 e. The Labute approximate surface area is 162 Å². The lowest BCUT2D eigenvalue weighted by atomic mass is 10.0. The smallest absolute Gasteiger partial charge is 0.259 e. The van der Waals surface area contributed by atoms with Crippen LogP contribution in [0.3, 0.4) is 0 Å². The van der Waals surface area contributed by atoms with Crippen molar-refractivity contribution in [2.24, 2.45) is 5.92 Å². The van der Waals surface area contributed by atoms with E-state index < -0.39 is 0 Å². The molecule has 1 fully saturated rings. The second-order valence-electron chi connectivity index (χ2n) is 8.32. The fraction of sp³-hybridized carbons (Fsp3) is 0.522. The van der Waals surface area contributed by atoms with Gasteiger partial charge in [-0.1, -0.05) is 32.9 Å². The third-order valence-corrected chi connectivity index (χ3v) is 5.78. The van der Waals surface area contributed by atoms with Crippen molar-refractivity contribution in [2.75, 3.05) is 49.1 Å². The lowest BCUT2D eigenvalue weighted by Crippen LogP contribution is -2.31. The van der Waals surface area contributed by atoms with Gasteiger partial charge in [-0.15, -0.1) is 0 Å². The van der Waals surface area contributed by atoms with Gasteiger partial charge in [-0.2, -0.15) is 0 Å². The summed E-state index contributed by atoms with van der Waals surface area (Å²) in [5.74, 6) is 0.611. The van der Waals surface area contributed by atoms with Crippen LogP contribution in [0.1, 0.15) is 44.0 Å². The SMILES string of the molecule is CCCN1CCCN(c2ccc3c4c(cccc24)C(=O)N3CC(C)C)CC1. The van der Waals surface area contributed by atoms with Crippen LogP contribution >= 0.6 is 0 Å². The topological polar surface area (TPSA) is 26.8 Å². The summed E-state index contributed by atoms with van der Waals surface area (Å²) in [6, 6.07) is 10.6. The summed E-state index contributed by atoms with van der Waals surface area (Å²) in [7, 11) is 0. The second kappa shape index (κ2) is 7.51. The van der Waals surface area contributed by atoms with Crippen LogP contribution in [0, 0.1) is 5.92 Å². The van der Waals surface area contributed by atoms with Gasteiger partial charge in [-0.05, 0) is 50.0 Å². The maximum atomic E-state index is 13.0. The Bertz CT molecular complexity index is 845. The number of hydrogen-bond donors (Lipinski definition) is 0. The minimum absolute atomic E-state index is 0.159. The van der Waals surface area contributed by atoms with Crippen LogP contribution in [-0.2, 0) is 0 Å². The monoisotopic (exact) mass is 365 g/mol. The Hall–Kier alpha value is -2.07. The molecule has 1 amide bonds. The van der Waals surface area contributed by atoms with Gasteiger partial charge >= 0.3 is 0 Å². The van der Waals surface area contributed by atoms with Gasteiger partial charge in [-0.25, -0.2) is 0 Å². The molecule has 0 saturated carbocycles. The lowest BCUT2D eigenvalue weighted by molar-refractivity contribution is 0.0990. The van der Waals surface area contributed by atoms with Crippen LogP contribution in [0.5, 0.6) is 0 Å². The van der Waals surface area contributed by atoms with Crippen LogP contribution in [0.15, 0.2) is 30.3 Å². The zero-order chi connectivity index (χ0) is 19.0. The Morgan fingerprint density at radius 3 is 2.59 bits per heavy atom. The molecular formula is C23H31N3O. The number of nitrogens with zero attached hydrogens (tertiary/aromatic N) is 3. The molecule has 1 saturated heterocycles. The summed E-state index contributed by atoms with van der Waals surface area (Å²) in [6.07, 6.45) is 2.41. The molecule has 4 heteroatoms. The molecule has 0 unspecified atom stereocenters. The molecule has 2 aliphatic rings. The highest BCUT2D eigenvalue weighted by Crippen LogP contribution is 2.42. The third-order valence-electron chi connectivity index (χ3n) is 5.78. The molecule has 2 aromatic rings. The number of benzene rings is 2. The molecule has 2 aromatic carbocycles. The van der Waals surface area contributed by atoms with Crippen molar-refractivity contribution in [3.05, 3.63) is 35.9 Å². The molecule has 0 N–H and O–H groups in total. The van der Waals surface area contributed by atoms with E-state index in [9.17, 15) is 4.79 Å². The predicted octanol–water partition coefficient (Wildman–Crippen LogP) is 4.38. The fourth-order valence-corrected chi connectivity index (χ4v) is 4.60. The van der Waals surface area contributed by atoms with Crippen molar-refractivity contribution in [2.45, 2.75) is 33.6 Å². The molecule has 0 spiro atoms. The molecule has 2 aliphatic heterocycles. The van der Waals surface area contributed by atoms with E-state index in [4.69, 9.17) is 0 Å². The van der Waals surface area contributed by atoms with Crippen molar-refractivity contribution >= 4 is 28.1 Å². The number of rotatable bonds is 5. The van der Waals surface area contributed by atoms with E-state index in [1.165, 1.54) is 37.0 Å². The lowest BCUT2D eigenvalue weighted by Gasteiger charge is -2.26. The highest BCUT2D eigenvalue weighted by atomic mass is 16.2. The first-order chi connectivity index (χ1) is 13.1. The number of carbonyl (C=O) groups is 1. The summed E-state index contributed by atoms with van der Waals surface area (Å²) < 4.78 is 0. The highest BCUT2D eigenvalue weighted by Gasteiger charge is 2.31. The van der Waals surface area contributed by atoms with Crippen molar-refractivity contribution in [1.29, 1.82) is 0 Å². The molecule has 0 bridgehead atoms. The van der Waals surface area contributed by atoms with Crippen LogP contribution in [0.2, 0.25) is 0 Å². The maximum absolute atomic E-state index is 13.0. The average molecular weight is 366 g/mol. The maximum Gasteiger partial charge on any atom is 0.259 e. The molecule has 0 aliphatic carbocycles. The molecule has 2 heterocycles. The van der Waals surface area contributed by atoms with Crippen LogP contribution in [0.25, 0.3) is 10.8 Å². The minimum atomic E-state index is 0.159. The first-order valence-electron chi connectivity index (χ1n) is 10.4. The number of anilines is 2. The van der Waals surface area contributed by atoms with Crippen LogP contribution in [-0.4, -0.2) is 50.1 Å². The number of hydrogen-bond acceptors (Lipinski definition) is 3. The Morgan fingerprint density at radius 2 is 1.81 bits per heavy atom. The van der Waals surface area contributed by atoms with E-state index >= 15 is 0 Å². The molecule has 4 rings (SSSR count). The van der Waals surface area contributed by atoms with Gasteiger partial charge in [0.05, 0.1) is 5.69 Å². The van der Waals surface area contributed by atoms with Crippen molar-refractivity contribution in [1.82, 2.24) is 4.90 Å². The normalized spacial score (nSPS) is 18.0. The standard InChI is InChI=1S/C23H31N3O/c1-4-11-24-12-6-13-25(15-14-24)20-9-10-21-22-18(20)7-5-8-19(22)23(27)26(21)16-17(2)3/h5,7-10,17H,4,6,11-16H2,1-3H3. The summed E-state index contributed by atoms with van der Waals surface area (Å²) >= 11 is 0. The Balaban J connectivity index is 1.71. The van der Waals surface area contributed by atoms with E-state index in [1.54, 1.807) is 0 Å². The number of carbonyl (C=O) groups excluding carboxylic acids is 1. The van der Waals surface area contributed by atoms with E-state index in [2.05, 4.69) is 48.8 Å². The molecular weight excluding hydrogens is 334 g/mol. The molecule has 0 atom stereocenters. The molecule has 27 heavy (non-hydrogen) atoms. The summed E-state index contributed by atoms with van der Waals surface area (Å²) in [5.41, 5.74) is 3.24.